The minimum atomic E-state index is -0.382. The lowest BCUT2D eigenvalue weighted by Gasteiger charge is -2.22. The Morgan fingerprint density at radius 3 is 3.12 bits per heavy atom. The fourth-order valence-corrected chi connectivity index (χ4v) is 2.10. The number of carbonyl (C=O) groups excluding carboxylic acids is 1. The molecule has 0 spiro atoms. The maximum atomic E-state index is 11.0. The summed E-state index contributed by atoms with van der Waals surface area (Å²) in [7, 11) is 1.34. The van der Waals surface area contributed by atoms with Gasteiger partial charge in [-0.2, -0.15) is 0 Å². The highest BCUT2D eigenvalue weighted by Gasteiger charge is 2.17. The van der Waals surface area contributed by atoms with Crippen LogP contribution in [0.3, 0.4) is 0 Å². The zero-order valence-corrected chi connectivity index (χ0v) is 9.94. The Kier molecular flexibility index (Phi) is 3.64. The number of aryl methyl sites for hydroxylation is 1. The molecule has 2 rings (SSSR count). The smallest absolute Gasteiger partial charge is 0.343 e. The second kappa shape index (κ2) is 5.19. The van der Waals surface area contributed by atoms with Crippen molar-refractivity contribution in [3.63, 3.8) is 0 Å². The molecular formula is C13H17NO3. The standard InChI is InChI=1S/C13H17NO3/c1-16-13(15)8-17-10-6-5-9-3-2-4-12(14)11(9)7-10/h5-7,12H,2-4,8,14H2,1H3/t12-/m0/s1. The summed E-state index contributed by atoms with van der Waals surface area (Å²) in [5, 5.41) is 0. The largest absolute Gasteiger partial charge is 0.482 e. The number of methoxy groups -OCH3 is 1. The Bertz CT molecular complexity index is 417. The molecule has 0 aliphatic heterocycles. The molecule has 0 radical (unpaired) electrons. The molecule has 17 heavy (non-hydrogen) atoms. The lowest BCUT2D eigenvalue weighted by Crippen LogP contribution is -2.18. The van der Waals surface area contributed by atoms with Crippen LogP contribution in [0.5, 0.6) is 5.75 Å². The van der Waals surface area contributed by atoms with E-state index in [1.54, 1.807) is 0 Å². The molecule has 0 unspecified atom stereocenters. The first-order valence-corrected chi connectivity index (χ1v) is 5.78. The van der Waals surface area contributed by atoms with E-state index in [-0.39, 0.29) is 18.6 Å². The van der Waals surface area contributed by atoms with E-state index in [1.807, 2.05) is 18.2 Å². The first-order valence-electron chi connectivity index (χ1n) is 5.78. The van der Waals surface area contributed by atoms with Gasteiger partial charge >= 0.3 is 5.97 Å². The number of fused-ring (bicyclic) bond motifs is 1. The summed E-state index contributed by atoms with van der Waals surface area (Å²) in [5.74, 6) is 0.290. The molecule has 4 heteroatoms. The third kappa shape index (κ3) is 2.77. The molecule has 2 N–H and O–H groups in total. The Balaban J connectivity index is 2.10. The molecule has 0 bridgehead atoms. The highest BCUT2D eigenvalue weighted by molar-refractivity contribution is 5.70. The van der Waals surface area contributed by atoms with Crippen LogP contribution < -0.4 is 10.5 Å². The molecule has 1 aromatic rings. The molecule has 92 valence electrons. The van der Waals surface area contributed by atoms with E-state index < -0.39 is 0 Å². The first kappa shape index (κ1) is 11.9. The molecular weight excluding hydrogens is 218 g/mol. The summed E-state index contributed by atoms with van der Waals surface area (Å²) in [5.41, 5.74) is 8.47. The number of carbonyl (C=O) groups is 1. The minimum absolute atomic E-state index is 0.0650. The van der Waals surface area contributed by atoms with Crippen molar-refractivity contribution in [3.05, 3.63) is 29.3 Å². The van der Waals surface area contributed by atoms with Crippen molar-refractivity contribution in [3.8, 4) is 5.75 Å². The molecule has 0 fully saturated rings. The quantitative estimate of drug-likeness (QED) is 0.808. The van der Waals surface area contributed by atoms with E-state index in [0.717, 1.165) is 24.8 Å². The highest BCUT2D eigenvalue weighted by atomic mass is 16.6. The third-order valence-corrected chi connectivity index (χ3v) is 3.06. The third-order valence-electron chi connectivity index (χ3n) is 3.06. The van der Waals surface area contributed by atoms with E-state index in [2.05, 4.69) is 4.74 Å². The molecule has 0 amide bonds. The monoisotopic (exact) mass is 235 g/mol. The van der Waals surface area contributed by atoms with Crippen molar-refractivity contribution in [1.29, 1.82) is 0 Å². The van der Waals surface area contributed by atoms with Crippen LogP contribution in [-0.4, -0.2) is 19.7 Å². The van der Waals surface area contributed by atoms with Crippen molar-refractivity contribution >= 4 is 5.97 Å². The van der Waals surface area contributed by atoms with Gasteiger partial charge in [0.05, 0.1) is 7.11 Å². The average Bonchev–Trinajstić information content (AvgIpc) is 2.36. The summed E-state index contributed by atoms with van der Waals surface area (Å²) >= 11 is 0. The van der Waals surface area contributed by atoms with Crippen molar-refractivity contribution in [2.45, 2.75) is 25.3 Å². The van der Waals surface area contributed by atoms with E-state index in [0.29, 0.717) is 5.75 Å². The second-order valence-corrected chi connectivity index (χ2v) is 4.22. The Morgan fingerprint density at radius 2 is 2.35 bits per heavy atom. The van der Waals surface area contributed by atoms with E-state index in [9.17, 15) is 4.79 Å². The number of esters is 1. The van der Waals surface area contributed by atoms with Gasteiger partial charge in [0.1, 0.15) is 5.75 Å². The molecule has 0 saturated heterocycles. The molecule has 1 aliphatic carbocycles. The van der Waals surface area contributed by atoms with Crippen LogP contribution in [0.25, 0.3) is 0 Å². The number of hydrogen-bond donors (Lipinski definition) is 1. The summed E-state index contributed by atoms with van der Waals surface area (Å²) < 4.78 is 9.86. The molecule has 0 aromatic heterocycles. The normalized spacial score (nSPS) is 18.4. The summed E-state index contributed by atoms with van der Waals surface area (Å²) in [6.07, 6.45) is 3.21. The van der Waals surface area contributed by atoms with Crippen LogP contribution in [-0.2, 0) is 16.0 Å². The van der Waals surface area contributed by atoms with Crippen LogP contribution >= 0.6 is 0 Å². The first-order chi connectivity index (χ1) is 8.20. The molecule has 1 atom stereocenters. The molecule has 1 aromatic carbocycles. The van der Waals surface area contributed by atoms with Crippen molar-refractivity contribution in [1.82, 2.24) is 0 Å². The molecule has 0 heterocycles. The predicted octanol–water partition coefficient (Wildman–Crippen LogP) is 1.57. The zero-order chi connectivity index (χ0) is 12.3. The lowest BCUT2D eigenvalue weighted by molar-refractivity contribution is -0.142. The van der Waals surface area contributed by atoms with Gasteiger partial charge in [-0.25, -0.2) is 4.79 Å². The number of hydrogen-bond acceptors (Lipinski definition) is 4. The fraction of sp³-hybridized carbons (Fsp3) is 0.462. The van der Waals surface area contributed by atoms with Gasteiger partial charge < -0.3 is 15.2 Å². The van der Waals surface area contributed by atoms with E-state index in [4.69, 9.17) is 10.5 Å². The number of benzene rings is 1. The van der Waals surface area contributed by atoms with Crippen LogP contribution in [0.2, 0.25) is 0 Å². The SMILES string of the molecule is COC(=O)COc1ccc2c(c1)[C@@H](N)CCC2. The van der Waals surface area contributed by atoms with Gasteiger partial charge in [0, 0.05) is 6.04 Å². The van der Waals surface area contributed by atoms with Crippen LogP contribution in [0, 0.1) is 0 Å². The number of nitrogens with two attached hydrogens (primary N) is 1. The van der Waals surface area contributed by atoms with Gasteiger partial charge in [0.25, 0.3) is 0 Å². The van der Waals surface area contributed by atoms with Gasteiger partial charge in [0.2, 0.25) is 0 Å². The average molecular weight is 235 g/mol. The van der Waals surface area contributed by atoms with E-state index >= 15 is 0 Å². The maximum absolute atomic E-state index is 11.0. The molecule has 4 nitrogen and oxygen atoms in total. The van der Waals surface area contributed by atoms with Gasteiger partial charge in [-0.3, -0.25) is 0 Å². The van der Waals surface area contributed by atoms with Crippen molar-refractivity contribution < 1.29 is 14.3 Å². The van der Waals surface area contributed by atoms with E-state index in [1.165, 1.54) is 12.7 Å². The number of rotatable bonds is 3. The van der Waals surface area contributed by atoms with Gasteiger partial charge in [-0.1, -0.05) is 6.07 Å². The zero-order valence-electron chi connectivity index (χ0n) is 9.94. The number of ether oxygens (including phenoxy) is 2. The van der Waals surface area contributed by atoms with Crippen LogP contribution in [0.15, 0.2) is 18.2 Å². The Hall–Kier alpha value is -1.55. The van der Waals surface area contributed by atoms with Crippen molar-refractivity contribution in [2.24, 2.45) is 5.73 Å². The Morgan fingerprint density at radius 1 is 1.53 bits per heavy atom. The lowest BCUT2D eigenvalue weighted by atomic mass is 9.88. The second-order valence-electron chi connectivity index (χ2n) is 4.22. The maximum Gasteiger partial charge on any atom is 0.343 e. The van der Waals surface area contributed by atoms with Gasteiger partial charge in [0.15, 0.2) is 6.61 Å². The predicted molar refractivity (Wildman–Crippen MR) is 63.8 cm³/mol. The summed E-state index contributed by atoms with van der Waals surface area (Å²) in [6.45, 7) is -0.0650. The van der Waals surface area contributed by atoms with Gasteiger partial charge in [-0.15, -0.1) is 0 Å². The molecule has 1 aliphatic rings. The van der Waals surface area contributed by atoms with Gasteiger partial charge in [-0.05, 0) is 42.5 Å². The summed E-state index contributed by atoms with van der Waals surface area (Å²) in [4.78, 5) is 11.0. The molecule has 0 saturated carbocycles. The minimum Gasteiger partial charge on any atom is -0.482 e. The fourth-order valence-electron chi connectivity index (χ4n) is 2.10. The summed E-state index contributed by atoms with van der Waals surface area (Å²) in [6, 6.07) is 5.92. The highest BCUT2D eigenvalue weighted by Crippen LogP contribution is 2.30. The Labute approximate surface area is 101 Å². The van der Waals surface area contributed by atoms with Crippen LogP contribution in [0.1, 0.15) is 30.0 Å². The topological polar surface area (TPSA) is 61.5 Å². The van der Waals surface area contributed by atoms with Crippen LogP contribution in [0.4, 0.5) is 0 Å². The van der Waals surface area contributed by atoms with Crippen molar-refractivity contribution in [2.75, 3.05) is 13.7 Å².